The van der Waals surface area contributed by atoms with Crippen molar-refractivity contribution in [2.24, 2.45) is 0 Å². The SMILES string of the molecule is CC(C)(C)OC(=O)N1CC=C(c2cccnc2C(C)(O)CCl)CC1.[H-].[H-].[Mg+2]. The molecule has 1 N–H and O–H groups in total. The number of aliphatic hydroxyl groups is 1. The molecule has 0 saturated carbocycles. The van der Waals surface area contributed by atoms with E-state index in [0.29, 0.717) is 25.2 Å². The summed E-state index contributed by atoms with van der Waals surface area (Å²) in [6.07, 6.45) is 4.00. The van der Waals surface area contributed by atoms with E-state index in [9.17, 15) is 9.90 Å². The minimum atomic E-state index is -1.19. The number of rotatable bonds is 3. The molecule has 136 valence electrons. The number of alkyl halides is 1. The first-order valence-corrected chi connectivity index (χ1v) is 8.59. The topological polar surface area (TPSA) is 62.7 Å². The maximum absolute atomic E-state index is 12.1. The maximum atomic E-state index is 12.1. The predicted octanol–water partition coefficient (Wildman–Crippen LogP) is 3.40. The summed E-state index contributed by atoms with van der Waals surface area (Å²) in [7, 11) is 0. The van der Waals surface area contributed by atoms with Gasteiger partial charge in [0.25, 0.3) is 0 Å². The van der Waals surface area contributed by atoms with Gasteiger partial charge in [0.2, 0.25) is 0 Å². The molecule has 0 fully saturated rings. The van der Waals surface area contributed by atoms with Crippen molar-refractivity contribution in [3.05, 3.63) is 35.7 Å². The van der Waals surface area contributed by atoms with Crippen molar-refractivity contribution in [2.45, 2.75) is 45.3 Å². The summed E-state index contributed by atoms with van der Waals surface area (Å²) in [5, 5.41) is 10.5. The van der Waals surface area contributed by atoms with E-state index in [4.69, 9.17) is 16.3 Å². The molecule has 2 heterocycles. The Morgan fingerprint density at radius 3 is 2.64 bits per heavy atom. The molecule has 1 amide bonds. The Morgan fingerprint density at radius 2 is 2.12 bits per heavy atom. The first-order valence-electron chi connectivity index (χ1n) is 8.05. The minimum absolute atomic E-state index is 0. The van der Waals surface area contributed by atoms with Crippen molar-refractivity contribution in [3.63, 3.8) is 0 Å². The Hall–Kier alpha value is -0.824. The molecule has 5 nitrogen and oxygen atoms in total. The van der Waals surface area contributed by atoms with Crippen LogP contribution in [0.3, 0.4) is 0 Å². The largest absolute Gasteiger partial charge is 2.00 e. The number of carbonyl (C=O) groups is 1. The molecule has 1 aromatic rings. The summed E-state index contributed by atoms with van der Waals surface area (Å²) in [6, 6.07) is 3.77. The minimum Gasteiger partial charge on any atom is -1.00 e. The Bertz CT molecular complexity index is 652. The number of hydrogen-bond acceptors (Lipinski definition) is 4. The fourth-order valence-electron chi connectivity index (χ4n) is 2.56. The molecular weight excluding hydrogens is 352 g/mol. The Balaban J connectivity index is 0. The molecule has 0 radical (unpaired) electrons. The summed E-state index contributed by atoms with van der Waals surface area (Å²) >= 11 is 5.89. The Kier molecular flexibility index (Phi) is 7.74. The maximum Gasteiger partial charge on any atom is 2.00 e. The third-order valence-electron chi connectivity index (χ3n) is 3.78. The van der Waals surface area contributed by atoms with E-state index in [0.717, 1.165) is 11.1 Å². The molecule has 1 aliphatic heterocycles. The van der Waals surface area contributed by atoms with Crippen LogP contribution in [0.25, 0.3) is 5.57 Å². The van der Waals surface area contributed by atoms with Crippen molar-refractivity contribution in [1.29, 1.82) is 0 Å². The molecule has 1 aliphatic rings. The normalized spacial score (nSPS) is 17.2. The zero-order valence-corrected chi connectivity index (χ0v) is 17.6. The van der Waals surface area contributed by atoms with Gasteiger partial charge in [0.15, 0.2) is 0 Å². The number of halogens is 1. The first kappa shape index (κ1) is 22.2. The van der Waals surface area contributed by atoms with Crippen LogP contribution in [0.4, 0.5) is 4.79 Å². The second kappa shape index (κ2) is 8.71. The third-order valence-corrected chi connectivity index (χ3v) is 4.31. The fraction of sp³-hybridized carbons (Fsp3) is 0.556. The van der Waals surface area contributed by atoms with Gasteiger partial charge < -0.3 is 17.6 Å². The Labute approximate surface area is 173 Å². The smallest absolute Gasteiger partial charge is 1.00 e. The van der Waals surface area contributed by atoms with Crippen molar-refractivity contribution >= 4 is 46.3 Å². The van der Waals surface area contributed by atoms with Gasteiger partial charge in [-0.25, -0.2) is 4.79 Å². The van der Waals surface area contributed by atoms with Gasteiger partial charge in [-0.15, -0.1) is 11.6 Å². The van der Waals surface area contributed by atoms with E-state index >= 15 is 0 Å². The van der Waals surface area contributed by atoms with Gasteiger partial charge >= 0.3 is 29.1 Å². The number of ether oxygens (including phenoxy) is 1. The van der Waals surface area contributed by atoms with E-state index in [1.54, 1.807) is 18.0 Å². The third kappa shape index (κ3) is 5.84. The van der Waals surface area contributed by atoms with Gasteiger partial charge in [-0.1, -0.05) is 12.1 Å². The summed E-state index contributed by atoms with van der Waals surface area (Å²) in [4.78, 5) is 18.1. The molecule has 0 saturated heterocycles. The first-order chi connectivity index (χ1) is 11.1. The molecule has 1 aromatic heterocycles. The number of hydrogen-bond donors (Lipinski definition) is 1. The van der Waals surface area contributed by atoms with Gasteiger partial charge in [0, 0.05) is 24.8 Å². The zero-order chi connectivity index (χ0) is 18.0. The molecule has 1 unspecified atom stereocenters. The van der Waals surface area contributed by atoms with E-state index in [1.165, 1.54) is 0 Å². The molecule has 0 bridgehead atoms. The molecule has 7 heteroatoms. The number of aromatic nitrogens is 1. The number of carbonyl (C=O) groups excluding carboxylic acids is 1. The van der Waals surface area contributed by atoms with Crippen LogP contribution in [0.15, 0.2) is 24.4 Å². The van der Waals surface area contributed by atoms with Gasteiger partial charge in [0.05, 0.1) is 11.6 Å². The van der Waals surface area contributed by atoms with Crippen LogP contribution in [0, 0.1) is 0 Å². The molecule has 2 rings (SSSR count). The van der Waals surface area contributed by atoms with Crippen LogP contribution in [-0.4, -0.2) is 68.7 Å². The van der Waals surface area contributed by atoms with Gasteiger partial charge in [-0.05, 0) is 45.8 Å². The van der Waals surface area contributed by atoms with Gasteiger partial charge in [-0.3, -0.25) is 4.98 Å². The van der Waals surface area contributed by atoms with Crippen LogP contribution in [-0.2, 0) is 10.3 Å². The van der Waals surface area contributed by atoms with E-state index in [2.05, 4.69) is 4.98 Å². The molecule has 0 aromatic carbocycles. The molecule has 25 heavy (non-hydrogen) atoms. The van der Waals surface area contributed by atoms with Crippen molar-refractivity contribution < 1.29 is 17.5 Å². The summed E-state index contributed by atoms with van der Waals surface area (Å²) < 4.78 is 5.40. The fourth-order valence-corrected chi connectivity index (χ4v) is 2.69. The second-order valence-electron chi connectivity index (χ2n) is 7.21. The number of nitrogens with zero attached hydrogens (tertiary/aromatic N) is 2. The molecule has 1 atom stereocenters. The zero-order valence-electron chi connectivity index (χ0n) is 17.4. The van der Waals surface area contributed by atoms with E-state index in [-0.39, 0.29) is 37.9 Å². The van der Waals surface area contributed by atoms with Crippen LogP contribution in [0.5, 0.6) is 0 Å². The Morgan fingerprint density at radius 1 is 1.44 bits per heavy atom. The number of amides is 1. The number of pyridine rings is 1. The van der Waals surface area contributed by atoms with Crippen LogP contribution in [0.2, 0.25) is 0 Å². The van der Waals surface area contributed by atoms with Crippen LogP contribution < -0.4 is 0 Å². The van der Waals surface area contributed by atoms with Gasteiger partial charge in [-0.2, -0.15) is 0 Å². The monoisotopic (exact) mass is 378 g/mol. The van der Waals surface area contributed by atoms with Crippen LogP contribution >= 0.6 is 11.6 Å². The quantitative estimate of drug-likeness (QED) is 0.646. The van der Waals surface area contributed by atoms with E-state index in [1.807, 2.05) is 39.0 Å². The molecule has 0 spiro atoms. The average Bonchev–Trinajstić information content (AvgIpc) is 2.53. The second-order valence-corrected chi connectivity index (χ2v) is 7.48. The summed E-state index contributed by atoms with van der Waals surface area (Å²) in [6.45, 7) is 8.26. The van der Waals surface area contributed by atoms with Crippen LogP contribution in [0.1, 0.15) is 48.2 Å². The summed E-state index contributed by atoms with van der Waals surface area (Å²) in [5.41, 5.74) is 0.810. The summed E-state index contributed by atoms with van der Waals surface area (Å²) in [5.74, 6) is 0.0638. The predicted molar refractivity (Wildman–Crippen MR) is 103 cm³/mol. The molecular formula is C18H27ClMgN2O3. The average molecular weight is 379 g/mol. The standard InChI is InChI=1S/C18H25ClN2O3.Mg.2H/c1-17(2,3)24-16(22)21-10-7-13(8-11-21)14-6-5-9-20-15(14)18(4,23)12-19;;;/h5-7,9,23H,8,10-12H2,1-4H3;;;/q;+2;2*-1. The van der Waals surface area contributed by atoms with Crippen molar-refractivity contribution in [1.82, 2.24) is 9.88 Å². The van der Waals surface area contributed by atoms with Crippen molar-refractivity contribution in [3.8, 4) is 0 Å². The molecule has 0 aliphatic carbocycles. The van der Waals surface area contributed by atoms with Gasteiger partial charge in [0.1, 0.15) is 11.2 Å². The van der Waals surface area contributed by atoms with Crippen molar-refractivity contribution in [2.75, 3.05) is 19.0 Å². The van der Waals surface area contributed by atoms with E-state index < -0.39 is 11.2 Å².